The molecule has 3 amide bonds. The lowest BCUT2D eigenvalue weighted by atomic mass is 9.90. The number of nitrogens with zero attached hydrogens (tertiary/aromatic N) is 6. The second kappa shape index (κ2) is 19.0. The molecule has 60 heavy (non-hydrogen) atoms. The molecule has 3 N–H and O–H groups in total. The minimum absolute atomic E-state index is 0.0768. The molecule has 1 aromatic heterocycles. The van der Waals surface area contributed by atoms with E-state index >= 15 is 0 Å². The number of hydrogen-bond donors (Lipinski definition) is 3. The molecule has 3 aliphatic rings. The number of aromatic nitrogens is 2. The van der Waals surface area contributed by atoms with E-state index in [0.29, 0.717) is 24.2 Å². The second-order valence-corrected chi connectivity index (χ2v) is 16.3. The number of rotatable bonds is 14. The number of fused-ring (bicyclic) bond motifs is 1. The molecule has 3 saturated heterocycles. The molecule has 4 heterocycles. The zero-order valence-corrected chi connectivity index (χ0v) is 34.8. The molecule has 3 aromatic carbocycles. The zero-order chi connectivity index (χ0) is 42.4. The predicted molar refractivity (Wildman–Crippen MR) is 228 cm³/mol. The van der Waals surface area contributed by atoms with Crippen molar-refractivity contribution < 1.29 is 27.6 Å². The SMILES string of the molecule is Cc1c([C@@H](C)Nc2nnc(C)c3ccc(N4CCN(CCCCCN5CCN(C(=O)CNc6ccc(C7CCC(=O)NC7=O)cc6)CC5)CC4)cc23)cccc1C(F)(F)F. The molecular formula is C45H56F3N9O3. The lowest BCUT2D eigenvalue weighted by Crippen LogP contribution is -2.50. The smallest absolute Gasteiger partial charge is 0.376 e. The predicted octanol–water partition coefficient (Wildman–Crippen LogP) is 6.51. The van der Waals surface area contributed by atoms with Gasteiger partial charge >= 0.3 is 6.18 Å². The molecule has 0 bridgehead atoms. The Labute approximate surface area is 349 Å². The monoisotopic (exact) mass is 827 g/mol. The number of piperazine rings is 2. The third-order valence-corrected chi connectivity index (χ3v) is 12.4. The maximum absolute atomic E-state index is 13.6. The van der Waals surface area contributed by atoms with Crippen LogP contribution in [0, 0.1) is 13.8 Å². The van der Waals surface area contributed by atoms with Crippen molar-refractivity contribution in [2.45, 2.75) is 71.0 Å². The summed E-state index contributed by atoms with van der Waals surface area (Å²) in [5, 5.41) is 19.6. The normalized spacial score (nSPS) is 18.7. The van der Waals surface area contributed by atoms with E-state index in [1.165, 1.54) is 13.0 Å². The number of unbranched alkanes of at least 4 members (excludes halogenated alkanes) is 2. The molecule has 0 radical (unpaired) electrons. The van der Waals surface area contributed by atoms with Crippen LogP contribution < -0.4 is 20.9 Å². The van der Waals surface area contributed by atoms with Crippen LogP contribution in [0.1, 0.15) is 78.9 Å². The molecule has 0 saturated carbocycles. The van der Waals surface area contributed by atoms with Crippen LogP contribution in [-0.2, 0) is 20.6 Å². The summed E-state index contributed by atoms with van der Waals surface area (Å²) < 4.78 is 40.9. The molecule has 7 rings (SSSR count). The lowest BCUT2D eigenvalue weighted by Gasteiger charge is -2.36. The highest BCUT2D eigenvalue weighted by atomic mass is 19.4. The van der Waals surface area contributed by atoms with Gasteiger partial charge < -0.3 is 20.4 Å². The summed E-state index contributed by atoms with van der Waals surface area (Å²) in [6.07, 6.45) is -0.132. The van der Waals surface area contributed by atoms with Gasteiger partial charge in [0.15, 0.2) is 5.82 Å². The van der Waals surface area contributed by atoms with Gasteiger partial charge in [-0.15, -0.1) is 5.10 Å². The van der Waals surface area contributed by atoms with Crippen LogP contribution in [0.15, 0.2) is 60.7 Å². The summed E-state index contributed by atoms with van der Waals surface area (Å²) in [5.41, 5.74) is 3.73. The molecule has 2 atom stereocenters. The van der Waals surface area contributed by atoms with Gasteiger partial charge in [-0.1, -0.05) is 36.8 Å². The maximum Gasteiger partial charge on any atom is 0.416 e. The topological polar surface area (TPSA) is 126 Å². The van der Waals surface area contributed by atoms with Gasteiger partial charge in [0.1, 0.15) is 0 Å². The number of benzene rings is 3. The van der Waals surface area contributed by atoms with E-state index in [-0.39, 0.29) is 35.7 Å². The number of carbonyl (C=O) groups is 3. The quantitative estimate of drug-likeness (QED) is 0.0958. The van der Waals surface area contributed by atoms with Crippen molar-refractivity contribution in [2.24, 2.45) is 0 Å². The summed E-state index contributed by atoms with van der Waals surface area (Å²) >= 11 is 0. The van der Waals surface area contributed by atoms with Gasteiger partial charge in [-0.2, -0.15) is 18.3 Å². The van der Waals surface area contributed by atoms with Gasteiger partial charge in [0.25, 0.3) is 0 Å². The van der Waals surface area contributed by atoms with Crippen molar-refractivity contribution in [1.82, 2.24) is 30.2 Å². The number of amides is 3. The average molecular weight is 828 g/mol. The molecular weight excluding hydrogens is 772 g/mol. The Balaban J connectivity index is 0.799. The van der Waals surface area contributed by atoms with Gasteiger partial charge in [-0.25, -0.2) is 0 Å². The van der Waals surface area contributed by atoms with Crippen molar-refractivity contribution >= 4 is 45.7 Å². The lowest BCUT2D eigenvalue weighted by molar-refractivity contribution is -0.138. The highest BCUT2D eigenvalue weighted by Gasteiger charge is 2.33. The maximum atomic E-state index is 13.6. The molecule has 3 fully saturated rings. The van der Waals surface area contributed by atoms with E-state index in [2.05, 4.69) is 59.0 Å². The summed E-state index contributed by atoms with van der Waals surface area (Å²) in [6.45, 7) is 14.6. The number of alkyl halides is 3. The van der Waals surface area contributed by atoms with Gasteiger partial charge in [0.05, 0.1) is 29.8 Å². The molecule has 3 aliphatic heterocycles. The first kappa shape index (κ1) is 42.8. The van der Waals surface area contributed by atoms with Crippen LogP contribution in [0.3, 0.4) is 0 Å². The number of anilines is 3. The van der Waals surface area contributed by atoms with Crippen molar-refractivity contribution in [3.63, 3.8) is 0 Å². The van der Waals surface area contributed by atoms with E-state index < -0.39 is 17.8 Å². The molecule has 4 aromatic rings. The van der Waals surface area contributed by atoms with Crippen LogP contribution in [0.4, 0.5) is 30.4 Å². The first-order chi connectivity index (χ1) is 28.8. The fourth-order valence-electron chi connectivity index (χ4n) is 8.72. The van der Waals surface area contributed by atoms with Crippen LogP contribution in [0.25, 0.3) is 10.8 Å². The minimum atomic E-state index is -4.42. The van der Waals surface area contributed by atoms with E-state index in [0.717, 1.165) is 124 Å². The number of aryl methyl sites for hydroxylation is 1. The first-order valence-corrected chi connectivity index (χ1v) is 21.2. The number of nitrogens with one attached hydrogen (secondary N) is 3. The fourth-order valence-corrected chi connectivity index (χ4v) is 8.72. The first-order valence-electron chi connectivity index (χ1n) is 21.2. The van der Waals surface area contributed by atoms with Crippen LogP contribution >= 0.6 is 0 Å². The largest absolute Gasteiger partial charge is 0.416 e. The number of imide groups is 1. The van der Waals surface area contributed by atoms with E-state index in [1.807, 2.05) is 43.0 Å². The summed E-state index contributed by atoms with van der Waals surface area (Å²) in [7, 11) is 0. The highest BCUT2D eigenvalue weighted by Crippen LogP contribution is 2.36. The van der Waals surface area contributed by atoms with Crippen LogP contribution in [-0.4, -0.2) is 115 Å². The Morgan fingerprint density at radius 2 is 1.53 bits per heavy atom. The van der Waals surface area contributed by atoms with Crippen LogP contribution in [0.5, 0.6) is 0 Å². The number of hydrogen-bond acceptors (Lipinski definition) is 10. The van der Waals surface area contributed by atoms with Crippen molar-refractivity contribution in [3.8, 4) is 0 Å². The van der Waals surface area contributed by atoms with Gasteiger partial charge in [-0.3, -0.25) is 29.5 Å². The summed E-state index contributed by atoms with van der Waals surface area (Å²) in [6, 6.07) is 17.7. The molecule has 15 heteroatoms. The van der Waals surface area contributed by atoms with Crippen molar-refractivity contribution in [1.29, 1.82) is 0 Å². The van der Waals surface area contributed by atoms with E-state index in [1.54, 1.807) is 6.07 Å². The third-order valence-electron chi connectivity index (χ3n) is 12.4. The standard InChI is InChI=1S/C45H56F3N9O3/c1-30-36(8-7-9-40(30)45(46,47)48)31(2)50-43-39-28-35(14-15-37(39)32(3)52-53-43)56-24-20-54(21-25-56)18-5-4-6-19-55-22-26-57(27-23-55)42(59)29-49-34-12-10-33(11-13-34)38-16-17-41(58)51-44(38)60/h7-15,28,31,38,49H,4-6,16-27,29H2,1-3H3,(H,50,53)(H,51,58,60)/t31-,38?/m1/s1. The van der Waals surface area contributed by atoms with Crippen molar-refractivity contribution in [2.75, 3.05) is 87.5 Å². The highest BCUT2D eigenvalue weighted by molar-refractivity contribution is 6.01. The Morgan fingerprint density at radius 3 is 2.20 bits per heavy atom. The molecule has 320 valence electrons. The Bertz CT molecular complexity index is 2150. The molecule has 0 aliphatic carbocycles. The van der Waals surface area contributed by atoms with E-state index in [9.17, 15) is 27.6 Å². The third kappa shape index (κ3) is 10.4. The van der Waals surface area contributed by atoms with Gasteiger partial charge in [0.2, 0.25) is 17.7 Å². The number of piperidine rings is 1. The van der Waals surface area contributed by atoms with Gasteiger partial charge in [0, 0.05) is 80.9 Å². The minimum Gasteiger partial charge on any atom is -0.376 e. The zero-order valence-electron chi connectivity index (χ0n) is 34.8. The van der Waals surface area contributed by atoms with Gasteiger partial charge in [-0.05, 0) is 100 Å². The number of carbonyl (C=O) groups excluding carboxylic acids is 3. The second-order valence-electron chi connectivity index (χ2n) is 16.3. The Kier molecular flexibility index (Phi) is 13.5. The Morgan fingerprint density at radius 1 is 0.850 bits per heavy atom. The van der Waals surface area contributed by atoms with E-state index in [4.69, 9.17) is 0 Å². The number of halogens is 3. The van der Waals surface area contributed by atoms with Crippen LogP contribution in [0.2, 0.25) is 0 Å². The average Bonchev–Trinajstić information content (AvgIpc) is 3.24. The van der Waals surface area contributed by atoms with Crippen molar-refractivity contribution in [3.05, 3.63) is 88.6 Å². The molecule has 1 unspecified atom stereocenters. The fraction of sp³-hybridized carbons (Fsp3) is 0.489. The summed E-state index contributed by atoms with van der Waals surface area (Å²) in [5.74, 6) is -0.171. The molecule has 12 nitrogen and oxygen atoms in total. The summed E-state index contributed by atoms with van der Waals surface area (Å²) in [4.78, 5) is 45.9. The molecule has 0 spiro atoms. The Hall–Kier alpha value is -5.28.